The van der Waals surface area contributed by atoms with Gasteiger partial charge in [0.2, 0.25) is 0 Å². The molecule has 0 atom stereocenters. The molecule has 0 spiro atoms. The minimum absolute atomic E-state index is 0.452. The van der Waals surface area contributed by atoms with Gasteiger partial charge in [0.1, 0.15) is 0 Å². The maximum Gasteiger partial charge on any atom is 0.275 e. The Morgan fingerprint density at radius 1 is 1.19 bits per heavy atom. The third kappa shape index (κ3) is 2.45. The fourth-order valence-electron chi connectivity index (χ4n) is 1.85. The molecule has 0 N–H and O–H groups in total. The highest BCUT2D eigenvalue weighted by atomic mass is 35.6. The molecule has 1 aliphatic rings. The van der Waals surface area contributed by atoms with Gasteiger partial charge >= 0.3 is 0 Å². The van der Waals surface area contributed by atoms with Gasteiger partial charge in [0.15, 0.2) is 0 Å². The lowest BCUT2D eigenvalue weighted by Gasteiger charge is -2.30. The van der Waals surface area contributed by atoms with Gasteiger partial charge in [-0.05, 0) is 17.5 Å². The molecule has 0 aromatic heterocycles. The Balaban J connectivity index is 2.17. The first-order valence-corrected chi connectivity index (χ1v) is 6.05. The highest BCUT2D eigenvalue weighted by molar-refractivity contribution is 6.76. The van der Waals surface area contributed by atoms with Crippen molar-refractivity contribution in [3.63, 3.8) is 0 Å². The summed E-state index contributed by atoms with van der Waals surface area (Å²) in [5, 5.41) is 0. The number of hydrogen-bond acceptors (Lipinski definition) is 1. The molecule has 1 aromatic carbocycles. The van der Waals surface area contributed by atoms with Crippen LogP contribution in [0.25, 0.3) is 0 Å². The first kappa shape index (κ1) is 12.0. The Morgan fingerprint density at radius 2 is 1.81 bits per heavy atom. The molecule has 0 saturated carbocycles. The van der Waals surface area contributed by atoms with Gasteiger partial charge in [-0.25, -0.2) is 0 Å². The fourth-order valence-corrected chi connectivity index (χ4v) is 2.21. The lowest BCUT2D eigenvalue weighted by molar-refractivity contribution is -0.131. The number of alkyl halides is 3. The van der Waals surface area contributed by atoms with Crippen LogP contribution < -0.4 is 0 Å². The van der Waals surface area contributed by atoms with Gasteiger partial charge in [0, 0.05) is 13.1 Å². The van der Waals surface area contributed by atoms with Crippen LogP contribution in [0.2, 0.25) is 0 Å². The van der Waals surface area contributed by atoms with Gasteiger partial charge in [-0.2, -0.15) is 0 Å². The Labute approximate surface area is 109 Å². The van der Waals surface area contributed by atoms with Crippen LogP contribution in [0.5, 0.6) is 0 Å². The number of carbonyl (C=O) groups excluding carboxylic acids is 1. The zero-order valence-electron chi connectivity index (χ0n) is 8.42. The van der Waals surface area contributed by atoms with E-state index in [0.29, 0.717) is 13.1 Å². The van der Waals surface area contributed by atoms with Gasteiger partial charge in [-0.1, -0.05) is 59.1 Å². The predicted molar refractivity (Wildman–Crippen MR) is 65.9 cm³/mol. The summed E-state index contributed by atoms with van der Waals surface area (Å²) in [6, 6.07) is 7.99. The molecule has 5 heteroatoms. The third-order valence-corrected chi connectivity index (χ3v) is 3.15. The Bertz CT molecular complexity index is 414. The molecule has 1 heterocycles. The normalized spacial score (nSPS) is 15.8. The summed E-state index contributed by atoms with van der Waals surface area (Å²) in [6.45, 7) is 1.12. The van der Waals surface area contributed by atoms with Crippen molar-refractivity contribution < 1.29 is 4.79 Å². The number of benzene rings is 1. The van der Waals surface area contributed by atoms with Gasteiger partial charge in [0.25, 0.3) is 9.70 Å². The summed E-state index contributed by atoms with van der Waals surface area (Å²) < 4.78 is -1.85. The molecule has 0 radical (unpaired) electrons. The average molecular weight is 279 g/mol. The Morgan fingerprint density at radius 3 is 2.44 bits per heavy atom. The highest BCUT2D eigenvalue weighted by Gasteiger charge is 2.36. The second-order valence-corrected chi connectivity index (χ2v) is 6.02. The highest BCUT2D eigenvalue weighted by Crippen LogP contribution is 2.30. The monoisotopic (exact) mass is 277 g/mol. The molecule has 2 rings (SSSR count). The van der Waals surface area contributed by atoms with Crippen molar-refractivity contribution in [2.24, 2.45) is 0 Å². The standard InChI is InChI=1S/C11H10Cl3NO/c12-11(13,14)10(16)15-6-5-8-3-1-2-4-9(8)7-15/h1-4H,5-7H2. The number of hydrogen-bond donors (Lipinski definition) is 0. The number of amides is 1. The second-order valence-electron chi connectivity index (χ2n) is 3.74. The van der Waals surface area contributed by atoms with Crippen LogP contribution >= 0.6 is 34.8 Å². The Kier molecular flexibility index (Phi) is 3.34. The first-order valence-electron chi connectivity index (χ1n) is 4.91. The fraction of sp³-hybridized carbons (Fsp3) is 0.364. The molecule has 0 fully saturated rings. The molecule has 0 bridgehead atoms. The molecule has 16 heavy (non-hydrogen) atoms. The minimum Gasteiger partial charge on any atom is -0.334 e. The first-order chi connectivity index (χ1) is 7.48. The van der Waals surface area contributed by atoms with E-state index in [-0.39, 0.29) is 0 Å². The molecule has 86 valence electrons. The van der Waals surface area contributed by atoms with E-state index in [4.69, 9.17) is 34.8 Å². The molecule has 0 unspecified atom stereocenters. The molecule has 2 nitrogen and oxygen atoms in total. The van der Waals surface area contributed by atoms with Crippen LogP contribution in [0.4, 0.5) is 0 Å². The lowest BCUT2D eigenvalue weighted by Crippen LogP contribution is -2.42. The van der Waals surface area contributed by atoms with Crippen molar-refractivity contribution in [3.05, 3.63) is 35.4 Å². The van der Waals surface area contributed by atoms with Crippen LogP contribution in [-0.4, -0.2) is 21.1 Å². The SMILES string of the molecule is O=C(N1CCc2ccccc2C1)C(Cl)(Cl)Cl. The van der Waals surface area contributed by atoms with Crippen molar-refractivity contribution in [1.82, 2.24) is 4.90 Å². The van der Waals surface area contributed by atoms with Crippen LogP contribution in [0.15, 0.2) is 24.3 Å². The van der Waals surface area contributed by atoms with Gasteiger partial charge in [0.05, 0.1) is 0 Å². The number of halogens is 3. The van der Waals surface area contributed by atoms with Gasteiger partial charge in [-0.15, -0.1) is 0 Å². The molecule has 0 saturated heterocycles. The summed E-state index contributed by atoms with van der Waals surface area (Å²) in [5.74, 6) is -0.452. The summed E-state index contributed by atoms with van der Waals surface area (Å²) >= 11 is 16.8. The van der Waals surface area contributed by atoms with E-state index in [1.807, 2.05) is 18.2 Å². The Hall–Kier alpha value is -0.440. The van der Waals surface area contributed by atoms with Crippen LogP contribution in [-0.2, 0) is 17.8 Å². The molecular weight excluding hydrogens is 268 g/mol. The summed E-state index contributed by atoms with van der Waals surface area (Å²) in [4.78, 5) is 13.3. The number of nitrogens with zero attached hydrogens (tertiary/aromatic N) is 1. The van der Waals surface area contributed by atoms with Crippen LogP contribution in [0, 0.1) is 0 Å². The van der Waals surface area contributed by atoms with E-state index in [1.54, 1.807) is 4.90 Å². The zero-order valence-corrected chi connectivity index (χ0v) is 10.7. The largest absolute Gasteiger partial charge is 0.334 e. The maximum absolute atomic E-state index is 11.8. The van der Waals surface area contributed by atoms with Gasteiger partial charge < -0.3 is 4.90 Å². The topological polar surface area (TPSA) is 20.3 Å². The smallest absolute Gasteiger partial charge is 0.275 e. The van der Waals surface area contributed by atoms with E-state index in [9.17, 15) is 4.79 Å². The van der Waals surface area contributed by atoms with E-state index in [0.717, 1.165) is 12.0 Å². The van der Waals surface area contributed by atoms with Crippen molar-refractivity contribution in [1.29, 1.82) is 0 Å². The zero-order chi connectivity index (χ0) is 11.8. The van der Waals surface area contributed by atoms with E-state index in [2.05, 4.69) is 6.07 Å². The molecule has 1 aliphatic heterocycles. The average Bonchev–Trinajstić information content (AvgIpc) is 2.26. The molecule has 0 aliphatic carbocycles. The lowest BCUT2D eigenvalue weighted by atomic mass is 10.00. The minimum atomic E-state index is -1.85. The van der Waals surface area contributed by atoms with E-state index < -0.39 is 9.70 Å². The van der Waals surface area contributed by atoms with Crippen molar-refractivity contribution >= 4 is 40.7 Å². The summed E-state index contributed by atoms with van der Waals surface area (Å²) in [6.07, 6.45) is 0.808. The van der Waals surface area contributed by atoms with Crippen LogP contribution in [0.1, 0.15) is 11.1 Å². The summed E-state index contributed by atoms with van der Waals surface area (Å²) in [5.41, 5.74) is 2.38. The van der Waals surface area contributed by atoms with Crippen molar-refractivity contribution in [3.8, 4) is 0 Å². The number of carbonyl (C=O) groups is 1. The number of rotatable bonds is 0. The third-order valence-electron chi connectivity index (χ3n) is 2.66. The number of fused-ring (bicyclic) bond motifs is 1. The van der Waals surface area contributed by atoms with Crippen molar-refractivity contribution in [2.75, 3.05) is 6.54 Å². The molecule has 1 amide bonds. The van der Waals surface area contributed by atoms with Crippen LogP contribution in [0.3, 0.4) is 0 Å². The predicted octanol–water partition coefficient (Wildman–Crippen LogP) is 2.94. The molecule has 1 aromatic rings. The second kappa shape index (κ2) is 4.44. The van der Waals surface area contributed by atoms with Crippen molar-refractivity contribution in [2.45, 2.75) is 16.8 Å². The quantitative estimate of drug-likeness (QED) is 0.668. The molecular formula is C11H10Cl3NO. The van der Waals surface area contributed by atoms with Gasteiger partial charge in [-0.3, -0.25) is 4.79 Å². The maximum atomic E-state index is 11.8. The van der Waals surface area contributed by atoms with E-state index >= 15 is 0 Å². The summed E-state index contributed by atoms with van der Waals surface area (Å²) in [7, 11) is 0. The van der Waals surface area contributed by atoms with E-state index in [1.165, 1.54) is 5.56 Å².